The highest BCUT2D eigenvalue weighted by atomic mass is 16.5. The maximum atomic E-state index is 5.56. The van der Waals surface area contributed by atoms with E-state index in [0.29, 0.717) is 5.92 Å². The van der Waals surface area contributed by atoms with E-state index in [-0.39, 0.29) is 6.10 Å². The molecular weight excluding hydrogens is 264 g/mol. The summed E-state index contributed by atoms with van der Waals surface area (Å²) in [7, 11) is 1.77. The molecule has 0 radical (unpaired) electrons. The zero-order valence-electron chi connectivity index (χ0n) is 12.4. The van der Waals surface area contributed by atoms with Crippen molar-refractivity contribution in [3.8, 4) is 0 Å². The summed E-state index contributed by atoms with van der Waals surface area (Å²) in [4.78, 5) is 0. The summed E-state index contributed by atoms with van der Waals surface area (Å²) in [5.74, 6) is 0.349. The van der Waals surface area contributed by atoms with Gasteiger partial charge in [0.25, 0.3) is 0 Å². The standard InChI is InChI=1S/C16H22N4O/c1-21-16-11-17-9-7-14(16)15-12-20(19-18-15)10-8-13-5-3-2-4-6-13/h2-6,12,14,16-17H,7-11H2,1H3/t14-,16+/m0/s1. The van der Waals surface area contributed by atoms with Crippen LogP contribution in [0.2, 0.25) is 0 Å². The van der Waals surface area contributed by atoms with Gasteiger partial charge in [-0.15, -0.1) is 5.10 Å². The van der Waals surface area contributed by atoms with E-state index in [0.717, 1.165) is 38.2 Å². The first-order valence-corrected chi connectivity index (χ1v) is 7.54. The molecule has 0 bridgehead atoms. The van der Waals surface area contributed by atoms with Gasteiger partial charge < -0.3 is 10.1 Å². The van der Waals surface area contributed by atoms with Crippen LogP contribution in [0.5, 0.6) is 0 Å². The van der Waals surface area contributed by atoms with Crippen LogP contribution in [0.15, 0.2) is 36.5 Å². The number of ether oxygens (including phenoxy) is 1. The fourth-order valence-electron chi connectivity index (χ4n) is 2.90. The Morgan fingerprint density at radius 3 is 3.00 bits per heavy atom. The molecule has 1 aliphatic heterocycles. The molecule has 1 saturated heterocycles. The van der Waals surface area contributed by atoms with Crippen molar-refractivity contribution in [3.05, 3.63) is 47.8 Å². The Morgan fingerprint density at radius 1 is 1.33 bits per heavy atom. The Labute approximate surface area is 125 Å². The number of aromatic nitrogens is 3. The second-order valence-corrected chi connectivity index (χ2v) is 5.52. The average Bonchev–Trinajstić information content (AvgIpc) is 3.02. The second-order valence-electron chi connectivity index (χ2n) is 5.52. The lowest BCUT2D eigenvalue weighted by Gasteiger charge is -2.29. The fraction of sp³-hybridized carbons (Fsp3) is 0.500. The van der Waals surface area contributed by atoms with Crippen LogP contribution in [-0.4, -0.2) is 41.3 Å². The average molecular weight is 286 g/mol. The summed E-state index contributed by atoms with van der Waals surface area (Å²) >= 11 is 0. The van der Waals surface area contributed by atoms with Gasteiger partial charge in [0.1, 0.15) is 0 Å². The lowest BCUT2D eigenvalue weighted by Crippen LogP contribution is -2.40. The molecule has 5 nitrogen and oxygen atoms in total. The van der Waals surface area contributed by atoms with Gasteiger partial charge in [-0.2, -0.15) is 0 Å². The highest BCUT2D eigenvalue weighted by Crippen LogP contribution is 2.25. The molecule has 5 heteroatoms. The van der Waals surface area contributed by atoms with Crippen molar-refractivity contribution < 1.29 is 4.74 Å². The molecule has 1 aromatic heterocycles. The number of piperidine rings is 1. The summed E-state index contributed by atoms with van der Waals surface area (Å²) in [6.07, 6.45) is 4.29. The highest BCUT2D eigenvalue weighted by Gasteiger charge is 2.28. The zero-order valence-corrected chi connectivity index (χ0v) is 12.4. The van der Waals surface area contributed by atoms with Gasteiger partial charge in [0.05, 0.1) is 11.8 Å². The molecule has 21 heavy (non-hydrogen) atoms. The van der Waals surface area contributed by atoms with Gasteiger partial charge in [-0.25, -0.2) is 0 Å². The topological polar surface area (TPSA) is 52.0 Å². The molecule has 0 amide bonds. The van der Waals surface area contributed by atoms with E-state index in [1.807, 2.05) is 10.7 Å². The Kier molecular flexibility index (Phi) is 4.62. The van der Waals surface area contributed by atoms with Crippen LogP contribution < -0.4 is 5.32 Å². The lowest BCUT2D eigenvalue weighted by atomic mass is 9.92. The number of methoxy groups -OCH3 is 1. The third kappa shape index (κ3) is 3.49. The van der Waals surface area contributed by atoms with E-state index < -0.39 is 0 Å². The molecule has 2 aromatic rings. The minimum Gasteiger partial charge on any atom is -0.379 e. The van der Waals surface area contributed by atoms with Gasteiger partial charge >= 0.3 is 0 Å². The monoisotopic (exact) mass is 286 g/mol. The first kappa shape index (κ1) is 14.2. The number of aryl methyl sites for hydroxylation is 2. The summed E-state index contributed by atoms with van der Waals surface area (Å²) < 4.78 is 7.50. The third-order valence-electron chi connectivity index (χ3n) is 4.14. The van der Waals surface area contributed by atoms with E-state index in [2.05, 4.69) is 46.1 Å². The van der Waals surface area contributed by atoms with Gasteiger partial charge in [0, 0.05) is 32.3 Å². The molecule has 112 valence electrons. The maximum Gasteiger partial charge on any atom is 0.0884 e. The number of hydrogen-bond donors (Lipinski definition) is 1. The quantitative estimate of drug-likeness (QED) is 0.907. The minimum atomic E-state index is 0.193. The van der Waals surface area contributed by atoms with Crippen molar-refractivity contribution in [2.24, 2.45) is 0 Å². The number of benzene rings is 1. The molecule has 1 N–H and O–H groups in total. The van der Waals surface area contributed by atoms with Gasteiger partial charge in [-0.1, -0.05) is 35.5 Å². The second kappa shape index (κ2) is 6.83. The lowest BCUT2D eigenvalue weighted by molar-refractivity contribution is 0.0612. The van der Waals surface area contributed by atoms with E-state index in [9.17, 15) is 0 Å². The molecule has 3 rings (SSSR count). The Morgan fingerprint density at radius 2 is 2.19 bits per heavy atom. The van der Waals surface area contributed by atoms with Gasteiger partial charge in [0.15, 0.2) is 0 Å². The van der Waals surface area contributed by atoms with Crippen molar-refractivity contribution in [1.29, 1.82) is 0 Å². The largest absolute Gasteiger partial charge is 0.379 e. The summed E-state index contributed by atoms with van der Waals surface area (Å²) in [5, 5.41) is 12.0. The van der Waals surface area contributed by atoms with E-state index in [4.69, 9.17) is 4.74 Å². The van der Waals surface area contributed by atoms with Crippen LogP contribution in [0.1, 0.15) is 23.6 Å². The van der Waals surface area contributed by atoms with Crippen LogP contribution in [0.25, 0.3) is 0 Å². The Bertz CT molecular complexity index is 554. The van der Waals surface area contributed by atoms with E-state index >= 15 is 0 Å². The first-order chi connectivity index (χ1) is 10.4. The molecular formula is C16H22N4O. The maximum absolute atomic E-state index is 5.56. The van der Waals surface area contributed by atoms with Gasteiger partial charge in [0.2, 0.25) is 0 Å². The summed E-state index contributed by atoms with van der Waals surface area (Å²) in [6, 6.07) is 10.5. The molecule has 1 aliphatic rings. The molecule has 1 fully saturated rings. The number of nitrogens with one attached hydrogen (secondary N) is 1. The van der Waals surface area contributed by atoms with Crippen LogP contribution in [-0.2, 0) is 17.7 Å². The van der Waals surface area contributed by atoms with Crippen molar-refractivity contribution in [3.63, 3.8) is 0 Å². The zero-order chi connectivity index (χ0) is 14.5. The number of hydrogen-bond acceptors (Lipinski definition) is 4. The number of rotatable bonds is 5. The highest BCUT2D eigenvalue weighted by molar-refractivity contribution is 5.14. The SMILES string of the molecule is CO[C@@H]1CNCC[C@H]1c1cn(CCc2ccccc2)nn1. The third-order valence-corrected chi connectivity index (χ3v) is 4.14. The van der Waals surface area contributed by atoms with Gasteiger partial charge in [-0.3, -0.25) is 4.68 Å². The first-order valence-electron chi connectivity index (χ1n) is 7.54. The molecule has 0 unspecified atom stereocenters. The normalized spacial score (nSPS) is 22.3. The van der Waals surface area contributed by atoms with E-state index in [1.54, 1.807) is 7.11 Å². The predicted octanol–water partition coefficient (Wildman–Crippen LogP) is 1.61. The van der Waals surface area contributed by atoms with Crippen LogP contribution in [0.4, 0.5) is 0 Å². The Balaban J connectivity index is 1.63. The molecule has 1 aromatic carbocycles. The molecule has 0 saturated carbocycles. The minimum absolute atomic E-state index is 0.193. The van der Waals surface area contributed by atoms with Crippen molar-refractivity contribution in [1.82, 2.24) is 20.3 Å². The predicted molar refractivity (Wildman–Crippen MR) is 81.2 cm³/mol. The smallest absolute Gasteiger partial charge is 0.0884 e. The van der Waals surface area contributed by atoms with Crippen LogP contribution in [0.3, 0.4) is 0 Å². The summed E-state index contributed by atoms with van der Waals surface area (Å²) in [5.41, 5.74) is 2.38. The van der Waals surface area contributed by atoms with Crippen molar-refractivity contribution in [2.75, 3.05) is 20.2 Å². The molecule has 2 atom stereocenters. The Hall–Kier alpha value is -1.72. The van der Waals surface area contributed by atoms with Crippen LogP contribution >= 0.6 is 0 Å². The van der Waals surface area contributed by atoms with Crippen LogP contribution in [0, 0.1) is 0 Å². The number of nitrogens with zero attached hydrogens (tertiary/aromatic N) is 3. The van der Waals surface area contributed by atoms with E-state index in [1.165, 1.54) is 5.56 Å². The molecule has 0 aliphatic carbocycles. The molecule has 2 heterocycles. The summed E-state index contributed by atoms with van der Waals surface area (Å²) in [6.45, 7) is 2.76. The molecule has 0 spiro atoms. The fourth-order valence-corrected chi connectivity index (χ4v) is 2.90. The van der Waals surface area contributed by atoms with Crippen molar-refractivity contribution in [2.45, 2.75) is 31.4 Å². The van der Waals surface area contributed by atoms with Gasteiger partial charge in [-0.05, 0) is 24.9 Å². The van der Waals surface area contributed by atoms with Crippen molar-refractivity contribution >= 4 is 0 Å².